The van der Waals surface area contributed by atoms with E-state index in [0.717, 1.165) is 12.0 Å². The third-order valence-electron chi connectivity index (χ3n) is 5.51. The van der Waals surface area contributed by atoms with Crippen LogP contribution in [0.5, 0.6) is 0 Å². The molecule has 2 aromatic rings. The Morgan fingerprint density at radius 3 is 2.77 bits per heavy atom. The van der Waals surface area contributed by atoms with E-state index in [1.807, 2.05) is 32.9 Å². The number of rotatable bonds is 4. The second-order valence-corrected chi connectivity index (χ2v) is 9.12. The van der Waals surface area contributed by atoms with Crippen molar-refractivity contribution in [2.24, 2.45) is 0 Å². The predicted molar refractivity (Wildman–Crippen MR) is 124 cm³/mol. The maximum absolute atomic E-state index is 13.4. The average Bonchev–Trinajstić information content (AvgIpc) is 3.03. The van der Waals surface area contributed by atoms with Crippen LogP contribution in [0.15, 0.2) is 28.0 Å². The van der Waals surface area contributed by atoms with Crippen molar-refractivity contribution < 1.29 is 9.53 Å². The Labute approximate surface area is 184 Å². The molecule has 30 heavy (non-hydrogen) atoms. The first-order valence-corrected chi connectivity index (χ1v) is 11.3. The summed E-state index contributed by atoms with van der Waals surface area (Å²) in [6.45, 7) is 8.36. The fourth-order valence-corrected chi connectivity index (χ4v) is 5.06. The maximum atomic E-state index is 13.4. The maximum Gasteiger partial charge on any atom is 0.267 e. The average molecular weight is 445 g/mol. The van der Waals surface area contributed by atoms with Crippen molar-refractivity contribution in [3.8, 4) is 0 Å². The highest BCUT2D eigenvalue weighted by Gasteiger charge is 2.35. The molecule has 1 unspecified atom stereocenters. The van der Waals surface area contributed by atoms with Gasteiger partial charge in [-0.15, -0.1) is 0 Å². The minimum absolute atomic E-state index is 0.0144. The number of morpholine rings is 1. The van der Waals surface area contributed by atoms with Crippen molar-refractivity contribution in [2.45, 2.75) is 33.2 Å². The minimum atomic E-state index is -0.195. The zero-order valence-corrected chi connectivity index (χ0v) is 18.9. The summed E-state index contributed by atoms with van der Waals surface area (Å²) in [5.74, 6) is 0.437. The van der Waals surface area contributed by atoms with Crippen LogP contribution in [0.1, 0.15) is 31.4 Å². The number of thioether (sulfide) groups is 1. The Bertz CT molecular complexity index is 1110. The van der Waals surface area contributed by atoms with Crippen LogP contribution >= 0.6 is 24.0 Å². The molecule has 158 valence electrons. The quantitative estimate of drug-likeness (QED) is 0.531. The minimum Gasteiger partial charge on any atom is -0.378 e. The summed E-state index contributed by atoms with van der Waals surface area (Å²) < 4.78 is 7.54. The fraction of sp³-hybridized carbons (Fsp3) is 0.429. The molecule has 4 rings (SSSR count). The molecule has 1 atom stereocenters. The van der Waals surface area contributed by atoms with Gasteiger partial charge in [-0.1, -0.05) is 37.0 Å². The first kappa shape index (κ1) is 21.0. The SMILES string of the molecule is CCC(C)N1C(=O)/C(=C\c2c(N3CCOCC3)nc3c(C)cccn3c2=O)SC1=S. The van der Waals surface area contributed by atoms with Crippen LogP contribution in [-0.2, 0) is 9.53 Å². The standard InChI is InChI=1S/C21H24N4O3S2/c1-4-14(3)25-20(27)16(30-21(25)29)12-15-18(23-8-10-28-11-9-23)22-17-13(2)6-5-7-24(17)19(15)26/h5-7,12,14H,4,8-11H2,1-3H3/b16-12+. The van der Waals surface area contributed by atoms with Crippen molar-refractivity contribution in [1.29, 1.82) is 0 Å². The van der Waals surface area contributed by atoms with Crippen LogP contribution in [0, 0.1) is 6.92 Å². The van der Waals surface area contributed by atoms with Crippen molar-refractivity contribution in [3.63, 3.8) is 0 Å². The lowest BCUT2D eigenvalue weighted by Crippen LogP contribution is -2.39. The normalized spacial score (nSPS) is 19.9. The van der Waals surface area contributed by atoms with E-state index in [1.165, 1.54) is 11.8 Å². The Morgan fingerprint density at radius 1 is 1.33 bits per heavy atom. The van der Waals surface area contributed by atoms with E-state index in [1.54, 1.807) is 21.6 Å². The monoisotopic (exact) mass is 444 g/mol. The molecule has 2 fully saturated rings. The molecule has 0 radical (unpaired) electrons. The number of aromatic nitrogens is 2. The molecule has 2 saturated heterocycles. The smallest absolute Gasteiger partial charge is 0.267 e. The van der Waals surface area contributed by atoms with Gasteiger partial charge in [0.1, 0.15) is 15.8 Å². The van der Waals surface area contributed by atoms with Crippen LogP contribution < -0.4 is 10.5 Å². The van der Waals surface area contributed by atoms with Gasteiger partial charge in [0, 0.05) is 25.3 Å². The molecular formula is C21H24N4O3S2. The van der Waals surface area contributed by atoms with E-state index in [9.17, 15) is 9.59 Å². The summed E-state index contributed by atoms with van der Waals surface area (Å²) in [5, 5.41) is 0. The Balaban J connectivity index is 1.88. The predicted octanol–water partition coefficient (Wildman–Crippen LogP) is 2.84. The van der Waals surface area contributed by atoms with Gasteiger partial charge in [-0.25, -0.2) is 4.98 Å². The molecule has 0 N–H and O–H groups in total. The molecular weight excluding hydrogens is 420 g/mol. The Morgan fingerprint density at radius 2 is 2.07 bits per heavy atom. The van der Waals surface area contributed by atoms with E-state index in [4.69, 9.17) is 21.9 Å². The highest BCUT2D eigenvalue weighted by atomic mass is 32.2. The molecule has 7 nitrogen and oxygen atoms in total. The Kier molecular flexibility index (Phi) is 5.95. The summed E-state index contributed by atoms with van der Waals surface area (Å²) >= 11 is 6.68. The van der Waals surface area contributed by atoms with Gasteiger partial charge in [-0.05, 0) is 38.0 Å². The Hall–Kier alpha value is -2.23. The number of thiocarbonyl (C=S) groups is 1. The van der Waals surface area contributed by atoms with Crippen molar-refractivity contribution in [3.05, 3.63) is 44.7 Å². The van der Waals surface area contributed by atoms with Gasteiger partial charge in [0.15, 0.2) is 0 Å². The molecule has 0 bridgehead atoms. The first-order valence-electron chi connectivity index (χ1n) is 10.0. The molecule has 0 aliphatic carbocycles. The van der Waals surface area contributed by atoms with Crippen LogP contribution in [0.4, 0.5) is 5.82 Å². The number of hydrogen-bond acceptors (Lipinski definition) is 7. The number of hydrogen-bond donors (Lipinski definition) is 0. The van der Waals surface area contributed by atoms with Gasteiger partial charge in [0.05, 0.1) is 23.7 Å². The number of pyridine rings is 1. The summed E-state index contributed by atoms with van der Waals surface area (Å²) in [6.07, 6.45) is 4.18. The molecule has 1 amide bonds. The van der Waals surface area contributed by atoms with Crippen molar-refractivity contribution >= 4 is 51.7 Å². The van der Waals surface area contributed by atoms with Gasteiger partial charge in [-0.2, -0.15) is 0 Å². The third-order valence-corrected chi connectivity index (χ3v) is 6.84. The molecule has 9 heteroatoms. The number of carbonyl (C=O) groups is 1. The number of nitrogens with zero attached hydrogens (tertiary/aromatic N) is 4. The van der Waals surface area contributed by atoms with Gasteiger partial charge >= 0.3 is 0 Å². The largest absolute Gasteiger partial charge is 0.378 e. The third kappa shape index (κ3) is 3.66. The second kappa shape index (κ2) is 8.49. The van der Waals surface area contributed by atoms with Gasteiger partial charge in [0.2, 0.25) is 0 Å². The number of amides is 1. The van der Waals surface area contributed by atoms with Crippen LogP contribution in [0.25, 0.3) is 11.7 Å². The molecule has 2 aliphatic rings. The van der Waals surface area contributed by atoms with E-state index in [0.29, 0.717) is 52.6 Å². The first-order chi connectivity index (χ1) is 14.4. The van der Waals surface area contributed by atoms with Gasteiger partial charge < -0.3 is 9.64 Å². The van der Waals surface area contributed by atoms with Crippen molar-refractivity contribution in [1.82, 2.24) is 14.3 Å². The lowest BCUT2D eigenvalue weighted by Gasteiger charge is -2.29. The summed E-state index contributed by atoms with van der Waals surface area (Å²) in [6, 6.07) is 3.77. The van der Waals surface area contributed by atoms with Gasteiger partial charge in [-0.3, -0.25) is 18.9 Å². The summed E-state index contributed by atoms with van der Waals surface area (Å²) in [7, 11) is 0. The number of carbonyl (C=O) groups excluding carboxylic acids is 1. The zero-order chi connectivity index (χ0) is 21.4. The fourth-order valence-electron chi connectivity index (χ4n) is 3.62. The number of fused-ring (bicyclic) bond motifs is 1. The van der Waals surface area contributed by atoms with Gasteiger partial charge in [0.25, 0.3) is 11.5 Å². The number of anilines is 1. The summed E-state index contributed by atoms with van der Waals surface area (Å²) in [5.41, 5.74) is 1.75. The number of aryl methyl sites for hydroxylation is 1. The van der Waals surface area contributed by atoms with Crippen LogP contribution in [-0.4, -0.2) is 56.9 Å². The van der Waals surface area contributed by atoms with E-state index in [2.05, 4.69) is 4.90 Å². The topological polar surface area (TPSA) is 67.2 Å². The van der Waals surface area contributed by atoms with Crippen LogP contribution in [0.2, 0.25) is 0 Å². The summed E-state index contributed by atoms with van der Waals surface area (Å²) in [4.78, 5) is 35.5. The second-order valence-electron chi connectivity index (χ2n) is 7.45. The molecule has 2 aromatic heterocycles. The molecule has 0 spiro atoms. The molecule has 4 heterocycles. The molecule has 0 saturated carbocycles. The van der Waals surface area contributed by atoms with E-state index in [-0.39, 0.29) is 17.5 Å². The highest BCUT2D eigenvalue weighted by Crippen LogP contribution is 2.35. The zero-order valence-electron chi connectivity index (χ0n) is 17.3. The number of ether oxygens (including phenoxy) is 1. The molecule has 0 aromatic carbocycles. The van der Waals surface area contributed by atoms with E-state index >= 15 is 0 Å². The molecule has 2 aliphatic heterocycles. The highest BCUT2D eigenvalue weighted by molar-refractivity contribution is 8.26. The lowest BCUT2D eigenvalue weighted by molar-refractivity contribution is -0.123. The van der Waals surface area contributed by atoms with E-state index < -0.39 is 0 Å². The van der Waals surface area contributed by atoms with Crippen LogP contribution in [0.3, 0.4) is 0 Å². The van der Waals surface area contributed by atoms with Crippen molar-refractivity contribution in [2.75, 3.05) is 31.2 Å². The lowest BCUT2D eigenvalue weighted by atomic mass is 10.2.